The summed E-state index contributed by atoms with van der Waals surface area (Å²) < 4.78 is 5.53. The number of hydrogen-bond donors (Lipinski definition) is 1. The first kappa shape index (κ1) is 26.5. The summed E-state index contributed by atoms with van der Waals surface area (Å²) in [5, 5.41) is 1.22. The maximum absolute atomic E-state index is 5.53. The van der Waals surface area contributed by atoms with Crippen LogP contribution in [0, 0.1) is 13.8 Å². The third kappa shape index (κ3) is 4.69. The number of aryl methyl sites for hydroxylation is 2. The van der Waals surface area contributed by atoms with Gasteiger partial charge in [0.25, 0.3) is 0 Å². The van der Waals surface area contributed by atoms with Crippen LogP contribution in [0.1, 0.15) is 54.6 Å². The molecule has 41 heavy (non-hydrogen) atoms. The van der Waals surface area contributed by atoms with E-state index in [0.717, 1.165) is 75.1 Å². The van der Waals surface area contributed by atoms with E-state index >= 15 is 0 Å². The number of nitrogens with zero attached hydrogens (tertiary/aromatic N) is 5. The Morgan fingerprint density at radius 1 is 0.976 bits per heavy atom. The Kier molecular flexibility index (Phi) is 6.75. The van der Waals surface area contributed by atoms with Crippen LogP contribution in [0.3, 0.4) is 0 Å². The highest BCUT2D eigenvalue weighted by Crippen LogP contribution is 2.37. The van der Waals surface area contributed by atoms with E-state index < -0.39 is 0 Å². The molecule has 1 N–H and O–H groups in total. The number of fused-ring (bicyclic) bond motifs is 2. The fraction of sp³-hybridized carbons (Fsp3) is 0.471. The summed E-state index contributed by atoms with van der Waals surface area (Å²) in [5.41, 5.74) is 10.0. The summed E-state index contributed by atoms with van der Waals surface area (Å²) in [7, 11) is 0. The summed E-state index contributed by atoms with van der Waals surface area (Å²) in [6.45, 7) is 17.8. The molecule has 2 aromatic carbocycles. The number of aromatic nitrogens is 3. The minimum atomic E-state index is 0.451. The van der Waals surface area contributed by atoms with E-state index in [1.165, 1.54) is 39.0 Å². The van der Waals surface area contributed by atoms with Gasteiger partial charge >= 0.3 is 0 Å². The van der Waals surface area contributed by atoms with Crippen LogP contribution in [-0.4, -0.2) is 71.3 Å². The molecule has 0 radical (unpaired) electrons. The van der Waals surface area contributed by atoms with Crippen molar-refractivity contribution in [2.24, 2.45) is 0 Å². The molecule has 0 aliphatic carbocycles. The van der Waals surface area contributed by atoms with E-state index in [1.807, 2.05) is 0 Å². The van der Waals surface area contributed by atoms with Crippen molar-refractivity contribution in [3.05, 3.63) is 70.5 Å². The molecule has 214 valence electrons. The molecule has 2 fully saturated rings. The van der Waals surface area contributed by atoms with E-state index in [0.29, 0.717) is 18.0 Å². The lowest BCUT2D eigenvalue weighted by molar-refractivity contribution is -0.0793. The van der Waals surface area contributed by atoms with Gasteiger partial charge < -0.3 is 19.5 Å². The first-order chi connectivity index (χ1) is 19.9. The minimum Gasteiger partial charge on any atom is -0.378 e. The maximum Gasteiger partial charge on any atom is 0.162 e. The van der Waals surface area contributed by atoms with Crippen LogP contribution in [0.5, 0.6) is 0 Å². The van der Waals surface area contributed by atoms with E-state index in [4.69, 9.17) is 14.7 Å². The number of nitrogens with one attached hydrogen (secondary N) is 1. The average Bonchev–Trinajstić information content (AvgIpc) is 3.33. The molecule has 0 saturated carbocycles. The minimum absolute atomic E-state index is 0.451. The Bertz CT molecular complexity index is 1590. The molecule has 2 saturated heterocycles. The largest absolute Gasteiger partial charge is 0.378 e. The van der Waals surface area contributed by atoms with Crippen molar-refractivity contribution in [2.45, 2.75) is 65.6 Å². The Hall–Kier alpha value is -3.42. The molecule has 0 spiro atoms. The predicted octanol–water partition coefficient (Wildman–Crippen LogP) is 5.84. The third-order valence-electron chi connectivity index (χ3n) is 9.49. The number of hydrogen-bond acceptors (Lipinski definition) is 6. The van der Waals surface area contributed by atoms with E-state index in [-0.39, 0.29) is 0 Å². The number of anilines is 2. The first-order valence-corrected chi connectivity index (χ1v) is 15.3. The van der Waals surface area contributed by atoms with Gasteiger partial charge in [0.1, 0.15) is 5.82 Å². The summed E-state index contributed by atoms with van der Waals surface area (Å²) in [6, 6.07) is 14.4. The topological polar surface area (TPSA) is 60.5 Å². The highest BCUT2D eigenvalue weighted by atomic mass is 16.5. The Labute approximate surface area is 243 Å². The maximum atomic E-state index is 5.53. The highest BCUT2D eigenvalue weighted by Gasteiger charge is 2.35. The highest BCUT2D eigenvalue weighted by molar-refractivity contribution is 5.96. The second kappa shape index (κ2) is 10.4. The molecule has 0 unspecified atom stereocenters. The molecule has 4 aromatic rings. The fourth-order valence-corrected chi connectivity index (χ4v) is 6.97. The molecule has 0 amide bonds. The summed E-state index contributed by atoms with van der Waals surface area (Å²) in [6.07, 6.45) is 3.00. The van der Waals surface area contributed by atoms with Gasteiger partial charge in [0, 0.05) is 79.1 Å². The lowest BCUT2D eigenvalue weighted by atomic mass is 9.98. The van der Waals surface area contributed by atoms with Crippen LogP contribution >= 0.6 is 0 Å². The van der Waals surface area contributed by atoms with Gasteiger partial charge in [0.2, 0.25) is 0 Å². The van der Waals surface area contributed by atoms with Crippen LogP contribution in [-0.2, 0) is 17.7 Å². The normalized spacial score (nSPS) is 20.1. The molecule has 3 aliphatic rings. The quantitative estimate of drug-likeness (QED) is 0.337. The molecule has 3 aliphatic heterocycles. The van der Waals surface area contributed by atoms with Crippen molar-refractivity contribution in [1.29, 1.82) is 0 Å². The number of rotatable bonds is 5. The Morgan fingerprint density at radius 3 is 2.59 bits per heavy atom. The molecule has 7 rings (SSSR count). The fourth-order valence-electron chi connectivity index (χ4n) is 6.97. The van der Waals surface area contributed by atoms with Crippen molar-refractivity contribution < 1.29 is 4.74 Å². The second-order valence-electron chi connectivity index (χ2n) is 12.6. The third-order valence-corrected chi connectivity index (χ3v) is 9.49. The molecule has 7 nitrogen and oxygen atoms in total. The lowest BCUT2D eigenvalue weighted by Gasteiger charge is -2.47. The van der Waals surface area contributed by atoms with Gasteiger partial charge in [-0.3, -0.25) is 4.90 Å². The molecular weight excluding hydrogens is 508 g/mol. The molecule has 7 heteroatoms. The number of ether oxygens (including phenoxy) is 1. The molecule has 0 bridgehead atoms. The number of aromatic amines is 1. The van der Waals surface area contributed by atoms with E-state index in [1.54, 1.807) is 0 Å². The summed E-state index contributed by atoms with van der Waals surface area (Å²) in [4.78, 5) is 21.8. The molecule has 5 heterocycles. The Balaban J connectivity index is 1.30. The van der Waals surface area contributed by atoms with E-state index in [2.05, 4.69) is 96.9 Å². The lowest BCUT2D eigenvalue weighted by Crippen LogP contribution is -2.61. The standard InChI is InChI=1S/C34H42N6O/c1-21(2)25-10-9-22(3)31(15-25)38-12-11-29-28(18-38)34(39-13-14-40(24(5)17-39)26-19-41-20-26)37-33(36-29)27-7-6-8-30-32(27)23(4)16-35-30/h6-10,15-16,21,24,26,35H,11-14,17-20H2,1-5H3/t24-/m1/s1. The van der Waals surface area contributed by atoms with Gasteiger partial charge in [0.15, 0.2) is 5.82 Å². The predicted molar refractivity (Wildman–Crippen MR) is 167 cm³/mol. The zero-order chi connectivity index (χ0) is 28.2. The van der Waals surface area contributed by atoms with Gasteiger partial charge in [-0.2, -0.15) is 0 Å². The average molecular weight is 551 g/mol. The van der Waals surface area contributed by atoms with Crippen molar-refractivity contribution in [3.63, 3.8) is 0 Å². The number of benzene rings is 2. The van der Waals surface area contributed by atoms with Crippen molar-refractivity contribution >= 4 is 22.4 Å². The molecule has 2 aromatic heterocycles. The van der Waals surface area contributed by atoms with Gasteiger partial charge in [0.05, 0.1) is 24.9 Å². The van der Waals surface area contributed by atoms with Crippen LogP contribution in [0.25, 0.3) is 22.3 Å². The SMILES string of the molecule is Cc1ccc(C(C)C)cc1N1CCc2nc(-c3cccc4[nH]cc(C)c34)nc(N3CCN(C4COC4)[C@H](C)C3)c2C1. The first-order valence-electron chi connectivity index (χ1n) is 15.3. The smallest absolute Gasteiger partial charge is 0.162 e. The van der Waals surface area contributed by atoms with E-state index in [9.17, 15) is 0 Å². The molecule has 1 atom stereocenters. The second-order valence-corrected chi connectivity index (χ2v) is 12.6. The Morgan fingerprint density at radius 2 is 1.83 bits per heavy atom. The van der Waals surface area contributed by atoms with Crippen LogP contribution < -0.4 is 9.80 Å². The van der Waals surface area contributed by atoms with Gasteiger partial charge in [-0.15, -0.1) is 0 Å². The number of piperazine rings is 1. The zero-order valence-electron chi connectivity index (χ0n) is 25.1. The monoisotopic (exact) mass is 550 g/mol. The van der Waals surface area contributed by atoms with Gasteiger partial charge in [-0.05, 0) is 55.5 Å². The summed E-state index contributed by atoms with van der Waals surface area (Å²) in [5.74, 6) is 2.47. The summed E-state index contributed by atoms with van der Waals surface area (Å²) >= 11 is 0. The zero-order valence-corrected chi connectivity index (χ0v) is 25.1. The van der Waals surface area contributed by atoms with Crippen molar-refractivity contribution in [2.75, 3.05) is 49.2 Å². The van der Waals surface area contributed by atoms with Gasteiger partial charge in [-0.1, -0.05) is 38.1 Å². The van der Waals surface area contributed by atoms with Crippen LogP contribution in [0.4, 0.5) is 11.5 Å². The van der Waals surface area contributed by atoms with Crippen LogP contribution in [0.2, 0.25) is 0 Å². The van der Waals surface area contributed by atoms with Crippen LogP contribution in [0.15, 0.2) is 42.6 Å². The van der Waals surface area contributed by atoms with Gasteiger partial charge in [-0.25, -0.2) is 9.97 Å². The van der Waals surface area contributed by atoms with Crippen molar-refractivity contribution in [1.82, 2.24) is 19.9 Å². The van der Waals surface area contributed by atoms with Crippen molar-refractivity contribution in [3.8, 4) is 11.4 Å². The molecular formula is C34H42N6O. The number of H-pyrrole nitrogens is 1.